The lowest BCUT2D eigenvalue weighted by molar-refractivity contribution is 0.622. The summed E-state index contributed by atoms with van der Waals surface area (Å²) in [5, 5.41) is 0.260. The van der Waals surface area contributed by atoms with E-state index in [4.69, 9.17) is 0 Å². The van der Waals surface area contributed by atoms with Crippen LogP contribution in [-0.2, 0) is 0 Å². The third-order valence-corrected chi connectivity index (χ3v) is 2.47. The van der Waals surface area contributed by atoms with Crippen molar-refractivity contribution in [3.05, 3.63) is 38.6 Å². The maximum Gasteiger partial charge on any atom is 0.258 e. The zero-order valence-electron chi connectivity index (χ0n) is 7.27. The molecule has 0 radical (unpaired) electrons. The number of rotatable bonds is 0. The molecule has 72 valence electrons. The fraction of sp³-hybridized carbons (Fsp3) is 0.111. The molecule has 0 aliphatic rings. The van der Waals surface area contributed by atoms with E-state index in [1.165, 1.54) is 12.1 Å². The van der Waals surface area contributed by atoms with E-state index in [0.717, 1.165) is 0 Å². The first kappa shape index (κ1) is 9.33. The van der Waals surface area contributed by atoms with E-state index < -0.39 is 5.82 Å². The van der Waals surface area contributed by atoms with Crippen LogP contribution in [0.1, 0.15) is 5.82 Å². The fourth-order valence-electron chi connectivity index (χ4n) is 1.25. The number of hydrogen-bond donors (Lipinski definition) is 1. The highest BCUT2D eigenvalue weighted by Crippen LogP contribution is 2.19. The number of fused-ring (bicyclic) bond motifs is 1. The van der Waals surface area contributed by atoms with Gasteiger partial charge in [-0.2, -0.15) is 0 Å². The van der Waals surface area contributed by atoms with Crippen LogP contribution in [0.2, 0.25) is 0 Å². The molecule has 0 saturated carbocycles. The molecule has 0 atom stereocenters. The summed E-state index contributed by atoms with van der Waals surface area (Å²) in [6.07, 6.45) is 0. The fourth-order valence-corrected chi connectivity index (χ4v) is 1.58. The average Bonchev–Trinajstić information content (AvgIpc) is 2.08. The van der Waals surface area contributed by atoms with Crippen LogP contribution in [0.4, 0.5) is 4.39 Å². The Balaban J connectivity index is 2.96. The number of nitrogens with zero attached hydrogens (tertiary/aromatic N) is 1. The molecule has 14 heavy (non-hydrogen) atoms. The van der Waals surface area contributed by atoms with Crippen LogP contribution in [0.3, 0.4) is 0 Å². The summed E-state index contributed by atoms with van der Waals surface area (Å²) in [4.78, 5) is 18.0. The smallest absolute Gasteiger partial charge is 0.258 e. The lowest BCUT2D eigenvalue weighted by Crippen LogP contribution is -2.09. The lowest BCUT2D eigenvalue weighted by Gasteiger charge is -1.99. The Morgan fingerprint density at radius 3 is 2.93 bits per heavy atom. The van der Waals surface area contributed by atoms with Gasteiger partial charge in [-0.3, -0.25) is 4.79 Å². The molecule has 1 aromatic heterocycles. The largest absolute Gasteiger partial charge is 0.310 e. The molecule has 0 fully saturated rings. The number of halogens is 2. The number of H-pyrrole nitrogens is 1. The van der Waals surface area contributed by atoms with Gasteiger partial charge >= 0.3 is 0 Å². The summed E-state index contributed by atoms with van der Waals surface area (Å²) in [7, 11) is 0. The molecule has 2 aromatic rings. The number of benzene rings is 1. The van der Waals surface area contributed by atoms with Gasteiger partial charge in [0.25, 0.3) is 5.56 Å². The summed E-state index contributed by atoms with van der Waals surface area (Å²) in [5.74, 6) is 0.0506. The topological polar surface area (TPSA) is 45.8 Å². The van der Waals surface area contributed by atoms with E-state index in [-0.39, 0.29) is 10.9 Å². The van der Waals surface area contributed by atoms with Crippen LogP contribution < -0.4 is 5.56 Å². The first-order chi connectivity index (χ1) is 6.58. The quantitative estimate of drug-likeness (QED) is 0.785. The zero-order valence-corrected chi connectivity index (χ0v) is 8.85. The molecule has 0 aliphatic carbocycles. The van der Waals surface area contributed by atoms with Gasteiger partial charge in [-0.05, 0) is 35.0 Å². The molecule has 3 nitrogen and oxygen atoms in total. The summed E-state index contributed by atoms with van der Waals surface area (Å²) < 4.78 is 13.4. The highest BCUT2D eigenvalue weighted by Gasteiger charge is 2.06. The SMILES string of the molecule is Cc1nc2cc(Br)c(F)cc2c(=O)[nH]1. The number of aromatic nitrogens is 2. The Hall–Kier alpha value is -1.23. The summed E-state index contributed by atoms with van der Waals surface area (Å²) >= 11 is 3.04. The van der Waals surface area contributed by atoms with Crippen molar-refractivity contribution in [3.63, 3.8) is 0 Å². The van der Waals surface area contributed by atoms with Crippen molar-refractivity contribution in [2.24, 2.45) is 0 Å². The van der Waals surface area contributed by atoms with Crippen LogP contribution >= 0.6 is 15.9 Å². The number of nitrogens with one attached hydrogen (secondary N) is 1. The van der Waals surface area contributed by atoms with Gasteiger partial charge in [-0.25, -0.2) is 9.37 Å². The van der Waals surface area contributed by atoms with Crippen LogP contribution in [0.5, 0.6) is 0 Å². The number of hydrogen-bond acceptors (Lipinski definition) is 2. The van der Waals surface area contributed by atoms with Gasteiger partial charge in [0.1, 0.15) is 11.6 Å². The number of aryl methyl sites for hydroxylation is 1. The second-order valence-corrected chi connectivity index (χ2v) is 3.79. The highest BCUT2D eigenvalue weighted by atomic mass is 79.9. The molecular formula is C9H6BrFN2O. The molecule has 1 aromatic carbocycles. The van der Waals surface area contributed by atoms with Crippen molar-refractivity contribution in [2.75, 3.05) is 0 Å². The Bertz CT molecular complexity index is 564. The minimum atomic E-state index is -0.464. The number of aromatic amines is 1. The first-order valence-electron chi connectivity index (χ1n) is 3.93. The van der Waals surface area contributed by atoms with Gasteiger partial charge < -0.3 is 4.98 Å². The van der Waals surface area contributed by atoms with Gasteiger partial charge in [-0.1, -0.05) is 0 Å². The van der Waals surface area contributed by atoms with Crippen LogP contribution in [0.15, 0.2) is 21.4 Å². The second kappa shape index (κ2) is 3.16. The predicted molar refractivity (Wildman–Crippen MR) is 54.8 cm³/mol. The minimum absolute atomic E-state index is 0.260. The van der Waals surface area contributed by atoms with Crippen LogP contribution in [0.25, 0.3) is 10.9 Å². The maximum absolute atomic E-state index is 13.1. The standard InChI is InChI=1S/C9H6BrFN2O/c1-4-12-8-3-6(10)7(11)2-5(8)9(14)13-4/h2-3H,1H3,(H,12,13,14). The lowest BCUT2D eigenvalue weighted by atomic mass is 10.2. The second-order valence-electron chi connectivity index (χ2n) is 2.93. The average molecular weight is 257 g/mol. The van der Waals surface area contributed by atoms with Gasteiger partial charge in [0, 0.05) is 0 Å². The third-order valence-electron chi connectivity index (χ3n) is 1.87. The summed E-state index contributed by atoms with van der Waals surface area (Å²) in [5.41, 5.74) is 0.165. The molecule has 0 amide bonds. The monoisotopic (exact) mass is 256 g/mol. The first-order valence-corrected chi connectivity index (χ1v) is 4.73. The van der Waals surface area contributed by atoms with Crippen molar-refractivity contribution < 1.29 is 4.39 Å². The Labute approximate surface area is 87.1 Å². The molecule has 0 bridgehead atoms. The van der Waals surface area contributed by atoms with E-state index in [1.54, 1.807) is 6.92 Å². The van der Waals surface area contributed by atoms with Crippen LogP contribution in [0, 0.1) is 12.7 Å². The molecule has 0 saturated heterocycles. The van der Waals surface area contributed by atoms with Crippen molar-refractivity contribution in [1.29, 1.82) is 0 Å². The van der Waals surface area contributed by atoms with Gasteiger partial charge in [-0.15, -0.1) is 0 Å². The van der Waals surface area contributed by atoms with Crippen molar-refractivity contribution in [2.45, 2.75) is 6.92 Å². The molecule has 0 spiro atoms. The Morgan fingerprint density at radius 2 is 2.21 bits per heavy atom. The molecule has 1 heterocycles. The van der Waals surface area contributed by atoms with Gasteiger partial charge in [0.05, 0.1) is 15.4 Å². The Morgan fingerprint density at radius 1 is 1.50 bits per heavy atom. The maximum atomic E-state index is 13.1. The predicted octanol–water partition coefficient (Wildman–Crippen LogP) is 2.13. The van der Waals surface area contributed by atoms with E-state index >= 15 is 0 Å². The molecular weight excluding hydrogens is 251 g/mol. The van der Waals surface area contributed by atoms with Gasteiger partial charge in [0.2, 0.25) is 0 Å². The molecule has 1 N–H and O–H groups in total. The molecule has 0 aliphatic heterocycles. The highest BCUT2D eigenvalue weighted by molar-refractivity contribution is 9.10. The van der Waals surface area contributed by atoms with Crippen molar-refractivity contribution in [1.82, 2.24) is 9.97 Å². The van der Waals surface area contributed by atoms with E-state index in [9.17, 15) is 9.18 Å². The van der Waals surface area contributed by atoms with Crippen molar-refractivity contribution in [3.8, 4) is 0 Å². The summed E-state index contributed by atoms with van der Waals surface area (Å²) in [6.45, 7) is 1.68. The van der Waals surface area contributed by atoms with E-state index in [1.807, 2.05) is 0 Å². The minimum Gasteiger partial charge on any atom is -0.310 e. The van der Waals surface area contributed by atoms with Crippen molar-refractivity contribution >= 4 is 26.8 Å². The molecule has 2 rings (SSSR count). The summed E-state index contributed by atoms with van der Waals surface area (Å²) in [6, 6.07) is 2.66. The Kier molecular flexibility index (Phi) is 2.11. The van der Waals surface area contributed by atoms with Crippen LogP contribution in [-0.4, -0.2) is 9.97 Å². The van der Waals surface area contributed by atoms with E-state index in [2.05, 4.69) is 25.9 Å². The van der Waals surface area contributed by atoms with Gasteiger partial charge in [0.15, 0.2) is 0 Å². The third kappa shape index (κ3) is 1.43. The molecule has 5 heteroatoms. The normalized spacial score (nSPS) is 10.8. The van der Waals surface area contributed by atoms with E-state index in [0.29, 0.717) is 15.8 Å². The zero-order chi connectivity index (χ0) is 10.3. The molecule has 0 unspecified atom stereocenters.